The molecule has 0 atom stereocenters. The largest absolute Gasteiger partial charge is 0.369 e. The second-order valence-corrected chi connectivity index (χ2v) is 5.72. The second kappa shape index (κ2) is 5.46. The second-order valence-electron chi connectivity index (χ2n) is 5.31. The molecule has 1 aromatic carbocycles. The minimum absolute atomic E-state index is 0.700. The molecule has 4 rings (SSSR count). The SMILES string of the molecule is Clc1ccccc1-n1nc(Cc2ccccn2)c2c1NCC2. The molecule has 3 aromatic rings. The molecule has 0 unspecified atom stereocenters. The highest BCUT2D eigenvalue weighted by Crippen LogP contribution is 2.32. The summed E-state index contributed by atoms with van der Waals surface area (Å²) in [5.41, 5.74) is 4.27. The van der Waals surface area contributed by atoms with Crippen molar-refractivity contribution in [2.24, 2.45) is 0 Å². The molecule has 1 N–H and O–H groups in total. The number of anilines is 1. The van der Waals surface area contributed by atoms with Crippen molar-refractivity contribution >= 4 is 17.4 Å². The number of aromatic nitrogens is 3. The molecule has 2 aromatic heterocycles. The predicted octanol–water partition coefficient (Wildman–Crippen LogP) is 3.48. The fourth-order valence-electron chi connectivity index (χ4n) is 2.86. The molecule has 1 aliphatic rings. The van der Waals surface area contributed by atoms with Crippen LogP contribution in [0.2, 0.25) is 5.02 Å². The number of benzene rings is 1. The number of nitrogens with zero attached hydrogens (tertiary/aromatic N) is 3. The van der Waals surface area contributed by atoms with Crippen molar-refractivity contribution < 1.29 is 0 Å². The Hall–Kier alpha value is -2.33. The molecule has 0 fully saturated rings. The Morgan fingerprint density at radius 3 is 2.82 bits per heavy atom. The normalized spacial score (nSPS) is 13.0. The Kier molecular flexibility index (Phi) is 3.31. The van der Waals surface area contributed by atoms with Gasteiger partial charge in [0.1, 0.15) is 5.82 Å². The van der Waals surface area contributed by atoms with Gasteiger partial charge in [0.05, 0.1) is 16.4 Å². The van der Waals surface area contributed by atoms with Gasteiger partial charge in [-0.05, 0) is 30.7 Å². The fourth-order valence-corrected chi connectivity index (χ4v) is 3.08. The molecule has 0 spiro atoms. The maximum atomic E-state index is 6.33. The third-order valence-electron chi connectivity index (χ3n) is 3.89. The summed E-state index contributed by atoms with van der Waals surface area (Å²) in [4.78, 5) is 4.40. The molecule has 3 heterocycles. The molecule has 5 heteroatoms. The van der Waals surface area contributed by atoms with Crippen LogP contribution in [0, 0.1) is 0 Å². The zero-order valence-corrected chi connectivity index (χ0v) is 12.7. The van der Waals surface area contributed by atoms with Gasteiger partial charge in [0.25, 0.3) is 0 Å². The Morgan fingerprint density at radius 2 is 2.00 bits per heavy atom. The summed E-state index contributed by atoms with van der Waals surface area (Å²) in [5.74, 6) is 1.05. The fraction of sp³-hybridized carbons (Fsp3) is 0.176. The lowest BCUT2D eigenvalue weighted by Gasteiger charge is -2.07. The molecule has 0 bridgehead atoms. The lowest BCUT2D eigenvalue weighted by atomic mass is 10.1. The van der Waals surface area contributed by atoms with Crippen LogP contribution in [-0.4, -0.2) is 21.3 Å². The van der Waals surface area contributed by atoms with E-state index in [-0.39, 0.29) is 0 Å². The highest BCUT2D eigenvalue weighted by molar-refractivity contribution is 6.32. The highest BCUT2D eigenvalue weighted by atomic mass is 35.5. The van der Waals surface area contributed by atoms with Crippen LogP contribution in [0.25, 0.3) is 5.69 Å². The zero-order chi connectivity index (χ0) is 14.9. The van der Waals surface area contributed by atoms with E-state index in [4.69, 9.17) is 16.7 Å². The van der Waals surface area contributed by atoms with Crippen molar-refractivity contribution in [2.45, 2.75) is 12.8 Å². The summed E-state index contributed by atoms with van der Waals surface area (Å²) in [6.45, 7) is 0.937. The van der Waals surface area contributed by atoms with Crippen LogP contribution in [0.1, 0.15) is 17.0 Å². The molecular formula is C17H15ClN4. The van der Waals surface area contributed by atoms with Crippen LogP contribution in [0.5, 0.6) is 0 Å². The molecule has 0 amide bonds. The van der Waals surface area contributed by atoms with Gasteiger partial charge in [-0.2, -0.15) is 5.10 Å². The van der Waals surface area contributed by atoms with Crippen molar-refractivity contribution in [3.8, 4) is 5.69 Å². The number of halogens is 1. The molecule has 110 valence electrons. The first kappa shape index (κ1) is 13.3. The molecule has 0 saturated heterocycles. The summed E-state index contributed by atoms with van der Waals surface area (Å²) >= 11 is 6.33. The number of rotatable bonds is 3. The molecule has 0 saturated carbocycles. The summed E-state index contributed by atoms with van der Waals surface area (Å²) in [5, 5.41) is 8.91. The van der Waals surface area contributed by atoms with Gasteiger partial charge in [-0.1, -0.05) is 29.8 Å². The standard InChI is InChI=1S/C17H15ClN4/c18-14-6-1-2-7-16(14)22-17-13(8-10-20-17)15(21-22)11-12-5-3-4-9-19-12/h1-7,9,20H,8,10-11H2. The van der Waals surface area contributed by atoms with E-state index >= 15 is 0 Å². The molecule has 0 aliphatic carbocycles. The lowest BCUT2D eigenvalue weighted by molar-refractivity contribution is 0.834. The monoisotopic (exact) mass is 310 g/mol. The summed E-state index contributed by atoms with van der Waals surface area (Å²) in [6, 6.07) is 13.7. The van der Waals surface area contributed by atoms with Gasteiger partial charge in [0.2, 0.25) is 0 Å². The van der Waals surface area contributed by atoms with Gasteiger partial charge < -0.3 is 5.32 Å². The first-order valence-electron chi connectivity index (χ1n) is 7.32. The van der Waals surface area contributed by atoms with E-state index in [2.05, 4.69) is 10.3 Å². The van der Waals surface area contributed by atoms with E-state index in [0.717, 1.165) is 42.3 Å². The van der Waals surface area contributed by atoms with Crippen LogP contribution in [0.15, 0.2) is 48.7 Å². The minimum Gasteiger partial charge on any atom is -0.369 e. The summed E-state index contributed by atoms with van der Waals surface area (Å²) < 4.78 is 1.92. The predicted molar refractivity (Wildman–Crippen MR) is 87.8 cm³/mol. The Labute approximate surface area is 133 Å². The lowest BCUT2D eigenvalue weighted by Crippen LogP contribution is -2.05. The minimum atomic E-state index is 0.700. The van der Waals surface area contributed by atoms with Crippen molar-refractivity contribution in [2.75, 3.05) is 11.9 Å². The Bertz CT molecular complexity index is 811. The number of hydrogen-bond acceptors (Lipinski definition) is 3. The number of nitrogens with one attached hydrogen (secondary N) is 1. The third kappa shape index (κ3) is 2.25. The average Bonchev–Trinajstić information content (AvgIpc) is 3.13. The molecule has 1 aliphatic heterocycles. The highest BCUT2D eigenvalue weighted by Gasteiger charge is 2.23. The van der Waals surface area contributed by atoms with E-state index in [0.29, 0.717) is 5.02 Å². The van der Waals surface area contributed by atoms with Gasteiger partial charge in [0.15, 0.2) is 0 Å². The topological polar surface area (TPSA) is 42.7 Å². The van der Waals surface area contributed by atoms with Crippen molar-refractivity contribution in [1.82, 2.24) is 14.8 Å². The maximum Gasteiger partial charge on any atom is 0.133 e. The van der Waals surface area contributed by atoms with Gasteiger partial charge >= 0.3 is 0 Å². The maximum absolute atomic E-state index is 6.33. The number of pyridine rings is 1. The molecular weight excluding hydrogens is 296 g/mol. The number of hydrogen-bond donors (Lipinski definition) is 1. The van der Waals surface area contributed by atoms with Crippen LogP contribution in [0.3, 0.4) is 0 Å². The van der Waals surface area contributed by atoms with E-state index in [9.17, 15) is 0 Å². The molecule has 22 heavy (non-hydrogen) atoms. The van der Waals surface area contributed by atoms with Crippen LogP contribution in [-0.2, 0) is 12.8 Å². The number of para-hydroxylation sites is 1. The van der Waals surface area contributed by atoms with Gasteiger partial charge in [-0.15, -0.1) is 0 Å². The van der Waals surface area contributed by atoms with Gasteiger partial charge in [0, 0.05) is 30.4 Å². The quantitative estimate of drug-likeness (QED) is 0.805. The van der Waals surface area contributed by atoms with Crippen LogP contribution >= 0.6 is 11.6 Å². The first-order chi connectivity index (χ1) is 10.8. The van der Waals surface area contributed by atoms with E-state index in [1.165, 1.54) is 5.56 Å². The van der Waals surface area contributed by atoms with E-state index in [1.54, 1.807) is 0 Å². The Balaban J connectivity index is 1.79. The van der Waals surface area contributed by atoms with Crippen molar-refractivity contribution in [1.29, 1.82) is 0 Å². The average molecular weight is 311 g/mol. The van der Waals surface area contributed by atoms with E-state index < -0.39 is 0 Å². The van der Waals surface area contributed by atoms with Crippen molar-refractivity contribution in [3.05, 3.63) is 70.6 Å². The van der Waals surface area contributed by atoms with Gasteiger partial charge in [-0.3, -0.25) is 4.98 Å². The molecule has 4 nitrogen and oxygen atoms in total. The van der Waals surface area contributed by atoms with Crippen LogP contribution < -0.4 is 5.32 Å². The summed E-state index contributed by atoms with van der Waals surface area (Å²) in [6.07, 6.45) is 3.54. The van der Waals surface area contributed by atoms with Gasteiger partial charge in [-0.25, -0.2) is 4.68 Å². The van der Waals surface area contributed by atoms with E-state index in [1.807, 2.05) is 53.3 Å². The smallest absolute Gasteiger partial charge is 0.133 e. The zero-order valence-electron chi connectivity index (χ0n) is 12.0. The van der Waals surface area contributed by atoms with Crippen LogP contribution in [0.4, 0.5) is 5.82 Å². The number of fused-ring (bicyclic) bond motifs is 1. The third-order valence-corrected chi connectivity index (χ3v) is 4.21. The first-order valence-corrected chi connectivity index (χ1v) is 7.70. The Morgan fingerprint density at radius 1 is 1.14 bits per heavy atom. The molecule has 0 radical (unpaired) electrons. The van der Waals surface area contributed by atoms with Crippen molar-refractivity contribution in [3.63, 3.8) is 0 Å². The summed E-state index contributed by atoms with van der Waals surface area (Å²) in [7, 11) is 0.